The molecule has 38 heavy (non-hydrogen) atoms. The Balaban J connectivity index is 1.56. The predicted octanol–water partition coefficient (Wildman–Crippen LogP) is 7.38. The minimum absolute atomic E-state index is 0.0215. The van der Waals surface area contributed by atoms with E-state index in [1.165, 1.54) is 0 Å². The van der Waals surface area contributed by atoms with Crippen molar-refractivity contribution in [1.29, 1.82) is 0 Å². The molecule has 2 aromatic heterocycles. The summed E-state index contributed by atoms with van der Waals surface area (Å²) in [7, 11) is 0. The van der Waals surface area contributed by atoms with E-state index in [0.29, 0.717) is 10.1 Å². The van der Waals surface area contributed by atoms with Gasteiger partial charge in [0.05, 0.1) is 11.7 Å². The second kappa shape index (κ2) is 10.6. The van der Waals surface area contributed by atoms with Crippen LogP contribution >= 0.6 is 23.8 Å². The number of carbonyl (C=O) groups is 1. The van der Waals surface area contributed by atoms with Crippen LogP contribution in [-0.4, -0.2) is 16.0 Å². The van der Waals surface area contributed by atoms with Gasteiger partial charge in [0.2, 0.25) is 5.91 Å². The second-order valence-electron chi connectivity index (χ2n) is 9.80. The molecule has 1 aliphatic rings. The van der Waals surface area contributed by atoms with Gasteiger partial charge in [-0.1, -0.05) is 37.6 Å². The number of pyridine rings is 1. The Bertz CT molecular complexity index is 1500. The molecule has 1 saturated heterocycles. The lowest BCUT2D eigenvalue weighted by molar-refractivity contribution is -0.118. The molecular weight excluding hydrogens is 516 g/mol. The van der Waals surface area contributed by atoms with Crippen LogP contribution in [0.15, 0.2) is 77.3 Å². The summed E-state index contributed by atoms with van der Waals surface area (Å²) in [6, 6.07) is 21.0. The van der Waals surface area contributed by atoms with E-state index < -0.39 is 0 Å². The molecule has 0 radical (unpaired) electrons. The first-order chi connectivity index (χ1) is 18.2. The SMILES string of the molecule is Cc1cc(N2C(=S)N[C@@H](c3ccccn3)[C@H]2c2ccc(-c3cc(Cl)ccc3C)o2)ccc1NC(=O)C(C)C. The summed E-state index contributed by atoms with van der Waals surface area (Å²) in [5.74, 6) is 1.36. The summed E-state index contributed by atoms with van der Waals surface area (Å²) in [5.41, 5.74) is 5.48. The van der Waals surface area contributed by atoms with E-state index >= 15 is 0 Å². The van der Waals surface area contributed by atoms with E-state index in [4.69, 9.17) is 28.2 Å². The van der Waals surface area contributed by atoms with Crippen molar-refractivity contribution >= 4 is 46.2 Å². The Morgan fingerprint density at radius 2 is 1.89 bits per heavy atom. The van der Waals surface area contributed by atoms with Crippen molar-refractivity contribution in [1.82, 2.24) is 10.3 Å². The number of thiocarbonyl (C=S) groups is 1. The molecule has 6 nitrogen and oxygen atoms in total. The molecule has 5 rings (SSSR count). The average molecular weight is 545 g/mol. The van der Waals surface area contributed by atoms with Crippen LogP contribution in [0.4, 0.5) is 11.4 Å². The van der Waals surface area contributed by atoms with Crippen molar-refractivity contribution in [3.8, 4) is 11.3 Å². The lowest BCUT2D eigenvalue weighted by Crippen LogP contribution is -2.29. The molecule has 194 valence electrons. The molecule has 3 heterocycles. The lowest BCUT2D eigenvalue weighted by atomic mass is 10.0. The van der Waals surface area contributed by atoms with Gasteiger partial charge < -0.3 is 20.0 Å². The van der Waals surface area contributed by atoms with Gasteiger partial charge in [0.25, 0.3) is 0 Å². The Morgan fingerprint density at radius 3 is 2.61 bits per heavy atom. The second-order valence-corrected chi connectivity index (χ2v) is 10.6. The van der Waals surface area contributed by atoms with Gasteiger partial charge in [-0.2, -0.15) is 0 Å². The Morgan fingerprint density at radius 1 is 1.08 bits per heavy atom. The van der Waals surface area contributed by atoms with Crippen molar-refractivity contribution in [3.05, 3.63) is 101 Å². The van der Waals surface area contributed by atoms with Gasteiger partial charge in [-0.25, -0.2) is 0 Å². The normalized spacial score (nSPS) is 17.1. The first-order valence-corrected chi connectivity index (χ1v) is 13.3. The Labute approximate surface area is 233 Å². The first kappa shape index (κ1) is 25.9. The zero-order valence-corrected chi connectivity index (χ0v) is 23.2. The van der Waals surface area contributed by atoms with E-state index in [0.717, 1.165) is 45.3 Å². The minimum atomic E-state index is -0.291. The Hall–Kier alpha value is -3.68. The number of halogens is 1. The van der Waals surface area contributed by atoms with Crippen LogP contribution in [0.25, 0.3) is 11.3 Å². The predicted molar refractivity (Wildman–Crippen MR) is 156 cm³/mol. The number of hydrogen-bond donors (Lipinski definition) is 2. The highest BCUT2D eigenvalue weighted by Gasteiger charge is 2.42. The van der Waals surface area contributed by atoms with E-state index in [9.17, 15) is 4.79 Å². The van der Waals surface area contributed by atoms with Crippen LogP contribution < -0.4 is 15.5 Å². The van der Waals surface area contributed by atoms with Crippen molar-refractivity contribution in [3.63, 3.8) is 0 Å². The maximum atomic E-state index is 12.3. The molecule has 0 spiro atoms. The number of nitrogens with zero attached hydrogens (tertiary/aromatic N) is 2. The number of nitrogens with one attached hydrogen (secondary N) is 2. The van der Waals surface area contributed by atoms with Gasteiger partial charge in [-0.3, -0.25) is 9.78 Å². The highest BCUT2D eigenvalue weighted by molar-refractivity contribution is 7.80. The molecule has 8 heteroatoms. The van der Waals surface area contributed by atoms with Crippen LogP contribution in [-0.2, 0) is 4.79 Å². The molecule has 2 atom stereocenters. The third kappa shape index (κ3) is 5.04. The third-order valence-corrected chi connectivity index (χ3v) is 7.30. The quantitative estimate of drug-likeness (QED) is 0.247. The smallest absolute Gasteiger partial charge is 0.226 e. The van der Waals surface area contributed by atoms with Crippen molar-refractivity contribution < 1.29 is 9.21 Å². The molecule has 0 aliphatic carbocycles. The highest BCUT2D eigenvalue weighted by Crippen LogP contribution is 2.43. The van der Waals surface area contributed by atoms with Crippen LogP contribution in [0.5, 0.6) is 0 Å². The molecule has 4 aromatic rings. The summed E-state index contributed by atoms with van der Waals surface area (Å²) in [5, 5.41) is 7.69. The molecule has 1 fully saturated rings. The van der Waals surface area contributed by atoms with E-state index in [-0.39, 0.29) is 23.9 Å². The van der Waals surface area contributed by atoms with Gasteiger partial charge in [-0.15, -0.1) is 0 Å². The van der Waals surface area contributed by atoms with Gasteiger partial charge in [0.15, 0.2) is 5.11 Å². The number of carbonyl (C=O) groups excluding carboxylic acids is 1. The van der Waals surface area contributed by atoms with Crippen LogP contribution in [0.3, 0.4) is 0 Å². The fraction of sp³-hybridized carbons (Fsp3) is 0.233. The largest absolute Gasteiger partial charge is 0.459 e. The monoisotopic (exact) mass is 544 g/mol. The molecule has 0 saturated carbocycles. The molecule has 1 amide bonds. The fourth-order valence-corrected chi connectivity index (χ4v) is 5.17. The number of anilines is 2. The average Bonchev–Trinajstić information content (AvgIpc) is 3.51. The van der Waals surface area contributed by atoms with Gasteiger partial charge in [-0.05, 0) is 91.8 Å². The summed E-state index contributed by atoms with van der Waals surface area (Å²) < 4.78 is 6.49. The van der Waals surface area contributed by atoms with Crippen molar-refractivity contribution in [2.45, 2.75) is 39.8 Å². The molecule has 0 bridgehead atoms. The summed E-state index contributed by atoms with van der Waals surface area (Å²) >= 11 is 12.1. The first-order valence-electron chi connectivity index (χ1n) is 12.5. The fourth-order valence-electron chi connectivity index (χ4n) is 4.65. The van der Waals surface area contributed by atoms with E-state index in [1.807, 2.05) is 94.4 Å². The number of rotatable bonds is 6. The molecule has 2 N–H and O–H groups in total. The maximum Gasteiger partial charge on any atom is 0.226 e. The maximum absolute atomic E-state index is 12.3. The third-order valence-electron chi connectivity index (χ3n) is 6.75. The minimum Gasteiger partial charge on any atom is -0.459 e. The van der Waals surface area contributed by atoms with Crippen LogP contribution in [0, 0.1) is 19.8 Å². The zero-order chi connectivity index (χ0) is 27.0. The van der Waals surface area contributed by atoms with Crippen molar-refractivity contribution in [2.75, 3.05) is 10.2 Å². The number of benzene rings is 2. The molecular formula is C30H29ClN4O2S. The van der Waals surface area contributed by atoms with Crippen molar-refractivity contribution in [2.24, 2.45) is 5.92 Å². The molecule has 2 aromatic carbocycles. The summed E-state index contributed by atoms with van der Waals surface area (Å²) in [6.07, 6.45) is 1.78. The van der Waals surface area contributed by atoms with E-state index in [1.54, 1.807) is 6.20 Å². The number of aromatic nitrogens is 1. The number of amides is 1. The zero-order valence-electron chi connectivity index (χ0n) is 21.7. The number of hydrogen-bond acceptors (Lipinski definition) is 4. The van der Waals surface area contributed by atoms with Crippen LogP contribution in [0.2, 0.25) is 5.02 Å². The standard InChI is InChI=1S/C30H29ClN4O2S/c1-17(2)29(36)33-23-11-10-21(15-19(23)4)35-28(27(34-30(35)38)24-7-5-6-14-32-24)26-13-12-25(37-26)22-16-20(31)9-8-18(22)3/h5-17,27-28H,1-4H3,(H,33,36)(H,34,38)/t27-,28+/m0/s1. The number of aryl methyl sites for hydroxylation is 2. The highest BCUT2D eigenvalue weighted by atomic mass is 35.5. The summed E-state index contributed by atoms with van der Waals surface area (Å²) in [4.78, 5) is 19.0. The Kier molecular flexibility index (Phi) is 7.23. The summed E-state index contributed by atoms with van der Waals surface area (Å²) in [6.45, 7) is 7.76. The molecule has 0 unspecified atom stereocenters. The topological polar surface area (TPSA) is 70.4 Å². The van der Waals surface area contributed by atoms with Gasteiger partial charge in [0, 0.05) is 34.1 Å². The molecule has 1 aliphatic heterocycles. The van der Waals surface area contributed by atoms with Gasteiger partial charge >= 0.3 is 0 Å². The lowest BCUT2D eigenvalue weighted by Gasteiger charge is -2.27. The van der Waals surface area contributed by atoms with Gasteiger partial charge in [0.1, 0.15) is 17.6 Å². The number of furan rings is 1. The van der Waals surface area contributed by atoms with E-state index in [2.05, 4.69) is 20.5 Å². The van der Waals surface area contributed by atoms with Crippen LogP contribution in [0.1, 0.15) is 48.5 Å².